The Kier molecular flexibility index (Phi) is 3.77. The molecule has 0 bridgehead atoms. The number of carbonyl (C=O) groups is 3. The molecule has 21 heavy (non-hydrogen) atoms. The van der Waals surface area contributed by atoms with Gasteiger partial charge < -0.3 is 0 Å². The average molecular weight is 307 g/mol. The van der Waals surface area contributed by atoms with E-state index >= 15 is 0 Å². The average Bonchev–Trinajstić information content (AvgIpc) is 3.17. The van der Waals surface area contributed by atoms with Crippen molar-refractivity contribution in [1.29, 1.82) is 0 Å². The molecule has 0 aliphatic carbocycles. The van der Waals surface area contributed by atoms with Crippen LogP contribution in [0.2, 0.25) is 0 Å². The number of likely N-dealkylation sites (N-methyl/N-ethyl adjacent to an activating group) is 1. The van der Waals surface area contributed by atoms with Crippen LogP contribution in [-0.2, 0) is 9.59 Å². The predicted molar refractivity (Wildman–Crippen MR) is 77.5 cm³/mol. The molecule has 0 radical (unpaired) electrons. The fraction of sp³-hybridized carbons (Fsp3) is 0.500. The molecule has 0 unspecified atom stereocenters. The summed E-state index contributed by atoms with van der Waals surface area (Å²) >= 11 is 1.68. The molecule has 2 aliphatic rings. The number of imide groups is 2. The van der Waals surface area contributed by atoms with E-state index in [-0.39, 0.29) is 19.3 Å². The van der Waals surface area contributed by atoms with Crippen LogP contribution < -0.4 is 0 Å². The largest absolute Gasteiger partial charge is 0.335 e. The van der Waals surface area contributed by atoms with Crippen molar-refractivity contribution in [2.24, 2.45) is 0 Å². The van der Waals surface area contributed by atoms with E-state index in [1.165, 1.54) is 4.88 Å². The van der Waals surface area contributed by atoms with E-state index in [0.717, 1.165) is 29.2 Å². The molecule has 2 aliphatic heterocycles. The van der Waals surface area contributed by atoms with Crippen molar-refractivity contribution in [3.63, 3.8) is 0 Å². The summed E-state index contributed by atoms with van der Waals surface area (Å²) in [6.07, 6.45) is 2.05. The number of likely N-dealkylation sites (tertiary alicyclic amines) is 1. The van der Waals surface area contributed by atoms with Crippen molar-refractivity contribution in [1.82, 2.24) is 14.7 Å². The molecule has 4 amide bonds. The van der Waals surface area contributed by atoms with Crippen molar-refractivity contribution in [2.75, 3.05) is 19.8 Å². The Bertz CT molecular complexity index is 572. The lowest BCUT2D eigenvalue weighted by atomic mass is 10.2. The topological polar surface area (TPSA) is 60.9 Å². The van der Waals surface area contributed by atoms with Crippen LogP contribution in [0.25, 0.3) is 0 Å². The Balaban J connectivity index is 1.75. The monoisotopic (exact) mass is 307 g/mol. The molecule has 1 aromatic heterocycles. The van der Waals surface area contributed by atoms with E-state index in [0.29, 0.717) is 0 Å². The summed E-state index contributed by atoms with van der Waals surface area (Å²) in [5.74, 6) is -1.42. The van der Waals surface area contributed by atoms with Crippen LogP contribution in [-0.4, -0.2) is 52.3 Å². The standard InChI is InChI=1S/C14H17N3O3S/c1-2-16-12(18)13(19)17(14(16)20)9-15-7-3-5-10(15)11-6-4-8-21-11/h4,6,8,10H,2-3,5,7,9H2,1H3/t10-/m1/s1. The summed E-state index contributed by atoms with van der Waals surface area (Å²) in [5.41, 5.74) is 0. The first kappa shape index (κ1) is 14.2. The molecule has 3 rings (SSSR count). The molecule has 6 nitrogen and oxygen atoms in total. The fourth-order valence-electron chi connectivity index (χ4n) is 2.93. The Hall–Kier alpha value is -1.73. The fourth-order valence-corrected chi connectivity index (χ4v) is 3.83. The van der Waals surface area contributed by atoms with Gasteiger partial charge in [0, 0.05) is 24.0 Å². The molecule has 2 saturated heterocycles. The second-order valence-electron chi connectivity index (χ2n) is 5.19. The molecular formula is C14H17N3O3S. The number of rotatable bonds is 4. The number of amides is 4. The zero-order valence-corrected chi connectivity index (χ0v) is 12.6. The Labute approximate surface area is 126 Å². The third-order valence-electron chi connectivity index (χ3n) is 4.01. The van der Waals surface area contributed by atoms with Gasteiger partial charge in [-0.2, -0.15) is 0 Å². The van der Waals surface area contributed by atoms with Crippen molar-refractivity contribution in [2.45, 2.75) is 25.8 Å². The van der Waals surface area contributed by atoms with E-state index in [1.54, 1.807) is 18.3 Å². The zero-order valence-electron chi connectivity index (χ0n) is 11.8. The van der Waals surface area contributed by atoms with Crippen LogP contribution in [0.3, 0.4) is 0 Å². The molecule has 3 heterocycles. The van der Waals surface area contributed by atoms with Gasteiger partial charge in [-0.3, -0.25) is 19.4 Å². The summed E-state index contributed by atoms with van der Waals surface area (Å²) < 4.78 is 0. The molecule has 7 heteroatoms. The maximum absolute atomic E-state index is 12.1. The number of nitrogens with zero attached hydrogens (tertiary/aromatic N) is 3. The minimum atomic E-state index is -0.714. The highest BCUT2D eigenvalue weighted by Crippen LogP contribution is 2.34. The quantitative estimate of drug-likeness (QED) is 0.627. The molecular weight excluding hydrogens is 290 g/mol. The van der Waals surface area contributed by atoms with Gasteiger partial charge in [-0.25, -0.2) is 9.69 Å². The van der Waals surface area contributed by atoms with Crippen molar-refractivity contribution < 1.29 is 14.4 Å². The van der Waals surface area contributed by atoms with E-state index in [1.807, 2.05) is 11.4 Å². The summed E-state index contributed by atoms with van der Waals surface area (Å²) in [5, 5.41) is 2.03. The van der Waals surface area contributed by atoms with E-state index in [4.69, 9.17) is 0 Å². The smallest absolute Gasteiger partial charge is 0.278 e. The third kappa shape index (κ3) is 2.36. The SMILES string of the molecule is CCN1C(=O)C(=O)N(CN2CCC[C@@H]2c2cccs2)C1=O. The van der Waals surface area contributed by atoms with Crippen LogP contribution in [0, 0.1) is 0 Å². The first-order valence-corrected chi connectivity index (χ1v) is 7.96. The number of urea groups is 1. The Morgan fingerprint density at radius 3 is 2.62 bits per heavy atom. The third-order valence-corrected chi connectivity index (χ3v) is 4.98. The molecule has 0 aromatic carbocycles. The van der Waals surface area contributed by atoms with Gasteiger partial charge in [0.1, 0.15) is 0 Å². The summed E-state index contributed by atoms with van der Waals surface area (Å²) in [6.45, 7) is 2.95. The second-order valence-corrected chi connectivity index (χ2v) is 6.17. The summed E-state index contributed by atoms with van der Waals surface area (Å²) in [7, 11) is 0. The van der Waals surface area contributed by atoms with Crippen LogP contribution in [0.1, 0.15) is 30.7 Å². The van der Waals surface area contributed by atoms with Gasteiger partial charge in [-0.05, 0) is 31.2 Å². The molecule has 2 fully saturated rings. The van der Waals surface area contributed by atoms with Gasteiger partial charge in [-0.15, -0.1) is 11.3 Å². The molecule has 1 aromatic rings. The maximum Gasteiger partial charge on any atom is 0.335 e. The second kappa shape index (κ2) is 5.57. The highest BCUT2D eigenvalue weighted by Gasteiger charge is 2.45. The van der Waals surface area contributed by atoms with E-state index in [2.05, 4.69) is 11.0 Å². The van der Waals surface area contributed by atoms with Crippen molar-refractivity contribution in [3.05, 3.63) is 22.4 Å². The van der Waals surface area contributed by atoms with Gasteiger partial charge >= 0.3 is 17.8 Å². The van der Waals surface area contributed by atoms with Crippen molar-refractivity contribution >= 4 is 29.2 Å². The molecule has 1 atom stereocenters. The Morgan fingerprint density at radius 1 is 1.24 bits per heavy atom. The highest BCUT2D eigenvalue weighted by molar-refractivity contribution is 7.10. The summed E-state index contributed by atoms with van der Waals surface area (Å²) in [6, 6.07) is 3.82. The van der Waals surface area contributed by atoms with E-state index < -0.39 is 17.8 Å². The van der Waals surface area contributed by atoms with Gasteiger partial charge in [-0.1, -0.05) is 6.07 Å². The minimum Gasteiger partial charge on any atom is -0.278 e. The van der Waals surface area contributed by atoms with Crippen LogP contribution in [0.4, 0.5) is 4.79 Å². The molecule has 0 spiro atoms. The lowest BCUT2D eigenvalue weighted by molar-refractivity contribution is -0.143. The zero-order chi connectivity index (χ0) is 15.0. The van der Waals surface area contributed by atoms with Gasteiger partial charge in [0.05, 0.1) is 6.67 Å². The lowest BCUT2D eigenvalue weighted by Crippen LogP contribution is -2.42. The van der Waals surface area contributed by atoms with Crippen LogP contribution in [0.15, 0.2) is 17.5 Å². The lowest BCUT2D eigenvalue weighted by Gasteiger charge is -2.27. The predicted octanol–water partition coefficient (Wildman–Crippen LogP) is 1.65. The van der Waals surface area contributed by atoms with Gasteiger partial charge in [0.15, 0.2) is 0 Å². The first-order chi connectivity index (χ1) is 10.1. The number of hydrogen-bond donors (Lipinski definition) is 0. The van der Waals surface area contributed by atoms with Crippen LogP contribution >= 0.6 is 11.3 Å². The number of carbonyl (C=O) groups excluding carboxylic acids is 3. The number of thiophene rings is 1. The van der Waals surface area contributed by atoms with E-state index in [9.17, 15) is 14.4 Å². The molecule has 0 N–H and O–H groups in total. The Morgan fingerprint density at radius 2 is 2.00 bits per heavy atom. The van der Waals surface area contributed by atoms with Crippen LogP contribution in [0.5, 0.6) is 0 Å². The highest BCUT2D eigenvalue weighted by atomic mass is 32.1. The molecule has 0 saturated carbocycles. The van der Waals surface area contributed by atoms with Gasteiger partial charge in [0.25, 0.3) is 0 Å². The first-order valence-electron chi connectivity index (χ1n) is 7.08. The van der Waals surface area contributed by atoms with Crippen molar-refractivity contribution in [3.8, 4) is 0 Å². The van der Waals surface area contributed by atoms with Gasteiger partial charge in [0.2, 0.25) is 0 Å². The molecule has 112 valence electrons. The minimum absolute atomic E-state index is 0.197. The normalized spacial score (nSPS) is 23.7. The maximum atomic E-state index is 12.1. The number of hydrogen-bond acceptors (Lipinski definition) is 5. The summed E-state index contributed by atoms with van der Waals surface area (Å²) in [4.78, 5) is 41.2.